The molecule has 73 heavy (non-hydrogen) atoms. The van der Waals surface area contributed by atoms with E-state index in [2.05, 4.69) is 208 Å². The molecule has 7 heteroatoms. The van der Waals surface area contributed by atoms with Gasteiger partial charge < -0.3 is 13.7 Å². The number of benzene rings is 11. The molecule has 0 N–H and O–H groups in total. The molecule has 7 nitrogen and oxygen atoms in total. The number of hydrogen-bond acceptors (Lipinski definition) is 4. The van der Waals surface area contributed by atoms with Crippen molar-refractivity contribution in [2.45, 2.75) is 0 Å². The fourth-order valence-corrected chi connectivity index (χ4v) is 11.6. The fraction of sp³-hybridized carbons (Fsp3) is 0. The summed E-state index contributed by atoms with van der Waals surface area (Å²) < 4.78 is 6.62. The first-order valence-corrected chi connectivity index (χ1v) is 24.0. The second kappa shape index (κ2) is 15.9. The van der Waals surface area contributed by atoms with Crippen molar-refractivity contribution in [2.75, 3.05) is 0 Å². The number of fused-ring (bicyclic) bond motifs is 13. The molecule has 0 bridgehead atoms. The molecule has 0 radical (unpaired) electrons. The Labute approximate surface area is 417 Å². The third-order valence-electron chi connectivity index (χ3n) is 14.8. The maximum atomic E-state index is 10.4. The van der Waals surface area contributed by atoms with Crippen LogP contribution in [0.5, 0.6) is 0 Å². The number of aromatic nitrogens is 3. The molecule has 0 atom stereocenters. The van der Waals surface area contributed by atoms with Gasteiger partial charge in [-0.15, -0.1) is 0 Å². The van der Waals surface area contributed by atoms with Gasteiger partial charge in [0.2, 0.25) is 0 Å². The molecule has 11 aromatic carbocycles. The lowest BCUT2D eigenvalue weighted by atomic mass is 9.94. The molecule has 0 spiro atoms. The molecule has 0 saturated carbocycles. The second-order valence-electron chi connectivity index (χ2n) is 18.5. The fourth-order valence-electron chi connectivity index (χ4n) is 11.6. The summed E-state index contributed by atoms with van der Waals surface area (Å²) in [5.74, 6) is 0. The van der Waals surface area contributed by atoms with Crippen LogP contribution in [0, 0.1) is 45.3 Å². The van der Waals surface area contributed by atoms with Gasteiger partial charge in [-0.25, -0.2) is 0 Å². The minimum atomic E-state index is 0.341. The topological polar surface area (TPSA) is 110 Å². The summed E-state index contributed by atoms with van der Waals surface area (Å²) in [4.78, 5) is 0. The van der Waals surface area contributed by atoms with Gasteiger partial charge >= 0.3 is 0 Å². The maximum absolute atomic E-state index is 10.4. The van der Waals surface area contributed by atoms with E-state index in [-0.39, 0.29) is 0 Å². The van der Waals surface area contributed by atoms with Crippen LogP contribution in [0.15, 0.2) is 212 Å². The molecule has 3 heterocycles. The summed E-state index contributed by atoms with van der Waals surface area (Å²) in [6.07, 6.45) is 0. The van der Waals surface area contributed by atoms with E-state index in [4.69, 9.17) is 0 Å². The normalized spacial score (nSPS) is 11.5. The number of para-hydroxylation sites is 1. The van der Waals surface area contributed by atoms with Crippen molar-refractivity contribution in [1.29, 1.82) is 21.0 Å². The standard InChI is InChI=1S/C66H35N7/c67-36-40-20-21-46(38-69)64(32-40)73-60-27-23-43(41-10-2-1-3-11-41)33-54(60)66-52-17-9-16-48(50(52)26-31-63(66)73)44-24-28-59-53(34-44)51-15-6-7-18-57(51)71(59)47-25-30-61-55(35-47)65-49-14-5-4-12-42(49)22-29-62(65)72(61)58-19-8-13-45(37-68)56(58)39-70/h1-35H. The van der Waals surface area contributed by atoms with E-state index >= 15 is 0 Å². The van der Waals surface area contributed by atoms with Crippen LogP contribution in [0.2, 0.25) is 0 Å². The number of nitriles is 4. The zero-order chi connectivity index (χ0) is 48.9. The molecular formula is C66H35N7. The first kappa shape index (κ1) is 41.3. The number of nitrogens with zero attached hydrogens (tertiary/aromatic N) is 7. The predicted molar refractivity (Wildman–Crippen MR) is 294 cm³/mol. The van der Waals surface area contributed by atoms with Gasteiger partial charge in [-0.1, -0.05) is 121 Å². The summed E-state index contributed by atoms with van der Waals surface area (Å²) in [7, 11) is 0. The van der Waals surface area contributed by atoms with E-state index in [1.165, 1.54) is 0 Å². The average Bonchev–Trinajstić information content (AvgIpc) is 4.10. The smallest absolute Gasteiger partial charge is 0.103 e. The lowest BCUT2D eigenvalue weighted by Gasteiger charge is -2.13. The molecule has 0 fully saturated rings. The SMILES string of the molecule is N#Cc1ccc(C#N)c(-n2c3ccc(-c4ccccc4)cc3c3c4cccc(-c5ccc6c(c5)c5ccccc5n6-c5ccc6c(c5)c5c7ccccc7ccc5n6-c5cccc(C#N)c5C#N)c4ccc32)c1. The molecule has 0 saturated heterocycles. The average molecular weight is 926 g/mol. The van der Waals surface area contributed by atoms with Crippen LogP contribution in [0.4, 0.5) is 0 Å². The number of rotatable bonds is 5. The highest BCUT2D eigenvalue weighted by Crippen LogP contribution is 2.44. The summed E-state index contributed by atoms with van der Waals surface area (Å²) in [5, 5.41) is 51.7. The molecule has 334 valence electrons. The van der Waals surface area contributed by atoms with Crippen molar-refractivity contribution < 1.29 is 0 Å². The van der Waals surface area contributed by atoms with Crippen molar-refractivity contribution in [3.8, 4) is 63.6 Å². The Bertz CT molecular complexity index is 4900. The highest BCUT2D eigenvalue weighted by molar-refractivity contribution is 6.25. The largest absolute Gasteiger partial charge is 0.309 e. The van der Waals surface area contributed by atoms with E-state index in [1.54, 1.807) is 18.2 Å². The van der Waals surface area contributed by atoms with Crippen LogP contribution in [-0.2, 0) is 0 Å². The molecule has 0 aliphatic heterocycles. The van der Waals surface area contributed by atoms with Gasteiger partial charge in [-0.05, 0) is 135 Å². The Kier molecular flexibility index (Phi) is 9.01. The summed E-state index contributed by atoms with van der Waals surface area (Å²) in [6.45, 7) is 0. The van der Waals surface area contributed by atoms with Crippen molar-refractivity contribution in [1.82, 2.24) is 13.7 Å². The van der Waals surface area contributed by atoms with Crippen LogP contribution in [0.1, 0.15) is 22.3 Å². The molecule has 14 rings (SSSR count). The molecule has 3 aromatic heterocycles. The Morgan fingerprint density at radius 3 is 1.74 bits per heavy atom. The summed E-state index contributed by atoms with van der Waals surface area (Å²) >= 11 is 0. The maximum Gasteiger partial charge on any atom is 0.103 e. The van der Waals surface area contributed by atoms with Gasteiger partial charge in [-0.2, -0.15) is 21.0 Å². The van der Waals surface area contributed by atoms with Gasteiger partial charge in [-0.3, -0.25) is 0 Å². The highest BCUT2D eigenvalue weighted by atomic mass is 15.0. The second-order valence-corrected chi connectivity index (χ2v) is 18.5. The van der Waals surface area contributed by atoms with Crippen molar-refractivity contribution in [3.63, 3.8) is 0 Å². The first-order valence-electron chi connectivity index (χ1n) is 24.0. The number of hydrogen-bond donors (Lipinski definition) is 0. The molecule has 0 amide bonds. The van der Waals surface area contributed by atoms with E-state index in [9.17, 15) is 21.0 Å². The minimum absolute atomic E-state index is 0.341. The minimum Gasteiger partial charge on any atom is -0.309 e. The molecular weight excluding hydrogens is 891 g/mol. The van der Waals surface area contributed by atoms with Gasteiger partial charge in [0.1, 0.15) is 18.2 Å². The van der Waals surface area contributed by atoms with E-state index in [0.29, 0.717) is 33.6 Å². The van der Waals surface area contributed by atoms with Crippen LogP contribution < -0.4 is 0 Å². The Morgan fingerprint density at radius 1 is 0.301 bits per heavy atom. The first-order chi connectivity index (χ1) is 36.0. The van der Waals surface area contributed by atoms with E-state index in [0.717, 1.165) is 115 Å². The van der Waals surface area contributed by atoms with Crippen molar-refractivity contribution in [3.05, 3.63) is 235 Å². The summed E-state index contributed by atoms with van der Waals surface area (Å²) in [6, 6.07) is 82.3. The Morgan fingerprint density at radius 2 is 0.932 bits per heavy atom. The van der Waals surface area contributed by atoms with Gasteiger partial charge in [0.15, 0.2) is 0 Å². The van der Waals surface area contributed by atoms with Crippen LogP contribution in [0.25, 0.3) is 126 Å². The lowest BCUT2D eigenvalue weighted by Crippen LogP contribution is -2.00. The Balaban J connectivity index is 0.986. The summed E-state index contributed by atoms with van der Waals surface area (Å²) in [5.41, 5.74) is 14.3. The third-order valence-corrected chi connectivity index (χ3v) is 14.8. The molecule has 0 aliphatic carbocycles. The monoisotopic (exact) mass is 925 g/mol. The Hall–Kier alpha value is -10.7. The highest BCUT2D eigenvalue weighted by Gasteiger charge is 2.23. The van der Waals surface area contributed by atoms with Crippen molar-refractivity contribution >= 4 is 87.0 Å². The predicted octanol–water partition coefficient (Wildman–Crippen LogP) is 16.1. The zero-order valence-corrected chi connectivity index (χ0v) is 38.8. The van der Waals surface area contributed by atoms with E-state index < -0.39 is 0 Å². The van der Waals surface area contributed by atoms with Gasteiger partial charge in [0, 0.05) is 38.0 Å². The van der Waals surface area contributed by atoms with Gasteiger partial charge in [0.05, 0.1) is 72.8 Å². The van der Waals surface area contributed by atoms with Gasteiger partial charge in [0.25, 0.3) is 0 Å². The molecule has 0 aliphatic rings. The van der Waals surface area contributed by atoms with E-state index in [1.807, 2.05) is 24.3 Å². The zero-order valence-electron chi connectivity index (χ0n) is 38.8. The lowest BCUT2D eigenvalue weighted by molar-refractivity contribution is 1.15. The van der Waals surface area contributed by atoms with Crippen molar-refractivity contribution in [2.24, 2.45) is 0 Å². The third kappa shape index (κ3) is 6.02. The molecule has 14 aromatic rings. The van der Waals surface area contributed by atoms with Crippen LogP contribution >= 0.6 is 0 Å². The molecule has 0 unspecified atom stereocenters. The van der Waals surface area contributed by atoms with Crippen LogP contribution in [-0.4, -0.2) is 13.7 Å². The quantitative estimate of drug-likeness (QED) is 0.171. The van der Waals surface area contributed by atoms with Crippen LogP contribution in [0.3, 0.4) is 0 Å².